The van der Waals surface area contributed by atoms with Crippen molar-refractivity contribution in [3.8, 4) is 9.88 Å². The number of carbonyl (C=O) groups excluding carboxylic acids is 1. The molecule has 1 aliphatic rings. The summed E-state index contributed by atoms with van der Waals surface area (Å²) in [6.07, 6.45) is 9.41. The van der Waals surface area contributed by atoms with Crippen LogP contribution in [0, 0.1) is 0 Å². The molecule has 0 spiro atoms. The van der Waals surface area contributed by atoms with Crippen LogP contribution in [0.15, 0.2) is 42.4 Å². The monoisotopic (exact) mass is 344 g/mol. The first kappa shape index (κ1) is 14.6. The van der Waals surface area contributed by atoms with Crippen LogP contribution in [-0.4, -0.2) is 38.4 Å². The van der Waals surface area contributed by atoms with E-state index < -0.39 is 0 Å². The van der Waals surface area contributed by atoms with Gasteiger partial charge in [-0.1, -0.05) is 6.07 Å². The Morgan fingerprint density at radius 1 is 1.39 bits per heavy atom. The molecule has 0 radical (unpaired) electrons. The van der Waals surface area contributed by atoms with Crippen LogP contribution in [0.3, 0.4) is 0 Å². The Hall–Kier alpha value is -1.99. The SMILES string of the molecule is O=C(c1cnc(-c2cccs2)s1)N1CCCC(n2ccnc2)C1. The van der Waals surface area contributed by atoms with E-state index in [-0.39, 0.29) is 5.91 Å². The van der Waals surface area contributed by atoms with E-state index in [1.165, 1.54) is 11.3 Å². The van der Waals surface area contributed by atoms with Gasteiger partial charge in [0.2, 0.25) is 0 Å². The number of carbonyl (C=O) groups is 1. The van der Waals surface area contributed by atoms with Crippen molar-refractivity contribution in [1.82, 2.24) is 19.4 Å². The van der Waals surface area contributed by atoms with E-state index in [0.717, 1.165) is 40.7 Å². The lowest BCUT2D eigenvalue weighted by Crippen LogP contribution is -2.40. The Balaban J connectivity index is 1.50. The lowest BCUT2D eigenvalue weighted by molar-refractivity contribution is 0.0684. The van der Waals surface area contributed by atoms with Crippen LogP contribution in [0.2, 0.25) is 0 Å². The number of hydrogen-bond donors (Lipinski definition) is 0. The first-order valence-corrected chi connectivity index (χ1v) is 9.27. The molecule has 1 unspecified atom stereocenters. The van der Waals surface area contributed by atoms with E-state index in [9.17, 15) is 4.79 Å². The topological polar surface area (TPSA) is 51.0 Å². The highest BCUT2D eigenvalue weighted by Gasteiger charge is 2.26. The Morgan fingerprint density at radius 2 is 2.35 bits per heavy atom. The van der Waals surface area contributed by atoms with Gasteiger partial charge in [-0.2, -0.15) is 0 Å². The minimum absolute atomic E-state index is 0.0927. The second-order valence-electron chi connectivity index (χ2n) is 5.56. The van der Waals surface area contributed by atoms with Gasteiger partial charge >= 0.3 is 0 Å². The lowest BCUT2D eigenvalue weighted by Gasteiger charge is -2.33. The summed E-state index contributed by atoms with van der Waals surface area (Å²) in [5, 5.41) is 2.95. The maximum Gasteiger partial charge on any atom is 0.265 e. The summed E-state index contributed by atoms with van der Waals surface area (Å²) in [4.78, 5) is 25.1. The Bertz CT molecular complexity index is 779. The third-order valence-electron chi connectivity index (χ3n) is 4.08. The number of rotatable bonds is 3. The molecule has 1 amide bonds. The number of thiophene rings is 1. The smallest absolute Gasteiger partial charge is 0.265 e. The molecule has 1 saturated heterocycles. The van der Waals surface area contributed by atoms with Crippen LogP contribution in [0.1, 0.15) is 28.6 Å². The Morgan fingerprint density at radius 3 is 3.13 bits per heavy atom. The van der Waals surface area contributed by atoms with Crippen molar-refractivity contribution >= 4 is 28.6 Å². The first-order valence-electron chi connectivity index (χ1n) is 7.57. The summed E-state index contributed by atoms with van der Waals surface area (Å²) in [5.41, 5.74) is 0. The van der Waals surface area contributed by atoms with Gasteiger partial charge in [0.25, 0.3) is 5.91 Å². The van der Waals surface area contributed by atoms with Crippen LogP contribution >= 0.6 is 22.7 Å². The standard InChI is InChI=1S/C16H16N4OS2/c21-16(14-9-18-15(23-14)13-4-2-8-22-13)19-6-1-3-12(10-19)20-7-5-17-11-20/h2,4-5,7-9,11-12H,1,3,6,10H2. The molecule has 0 bridgehead atoms. The maximum absolute atomic E-state index is 12.8. The molecule has 4 heterocycles. The molecule has 1 aliphatic heterocycles. The zero-order chi connectivity index (χ0) is 15.6. The molecule has 3 aromatic heterocycles. The molecule has 0 saturated carbocycles. The number of aromatic nitrogens is 3. The van der Waals surface area contributed by atoms with Gasteiger partial charge in [-0.3, -0.25) is 4.79 Å². The molecule has 0 N–H and O–H groups in total. The van der Waals surface area contributed by atoms with Crippen molar-refractivity contribution < 1.29 is 4.79 Å². The predicted molar refractivity (Wildman–Crippen MR) is 91.8 cm³/mol. The second kappa shape index (κ2) is 6.25. The van der Waals surface area contributed by atoms with E-state index in [1.54, 1.807) is 23.7 Å². The highest BCUT2D eigenvalue weighted by Crippen LogP contribution is 2.30. The number of likely N-dealkylation sites (tertiary alicyclic amines) is 1. The number of hydrogen-bond acceptors (Lipinski definition) is 5. The third-order valence-corrected chi connectivity index (χ3v) is 6.10. The summed E-state index contributed by atoms with van der Waals surface area (Å²) in [6, 6.07) is 4.36. The number of imidazole rings is 1. The van der Waals surface area contributed by atoms with Gasteiger partial charge in [-0.15, -0.1) is 22.7 Å². The summed E-state index contributed by atoms with van der Waals surface area (Å²) in [5.74, 6) is 0.0927. The number of thiazole rings is 1. The molecule has 23 heavy (non-hydrogen) atoms. The summed E-state index contributed by atoms with van der Waals surface area (Å²) >= 11 is 3.13. The van der Waals surface area contributed by atoms with E-state index >= 15 is 0 Å². The van der Waals surface area contributed by atoms with E-state index in [1.807, 2.05) is 34.9 Å². The molecule has 0 aliphatic carbocycles. The molecular formula is C16H16N4OS2. The molecule has 7 heteroatoms. The summed E-state index contributed by atoms with van der Waals surface area (Å²) in [6.45, 7) is 1.55. The van der Waals surface area contributed by atoms with E-state index in [2.05, 4.69) is 14.5 Å². The fraction of sp³-hybridized carbons (Fsp3) is 0.312. The van der Waals surface area contributed by atoms with Crippen molar-refractivity contribution in [2.75, 3.05) is 13.1 Å². The third kappa shape index (κ3) is 2.94. The zero-order valence-corrected chi connectivity index (χ0v) is 14.1. The van der Waals surface area contributed by atoms with Gasteiger partial charge in [0.15, 0.2) is 0 Å². The van der Waals surface area contributed by atoms with Crippen LogP contribution in [0.4, 0.5) is 0 Å². The molecule has 1 fully saturated rings. The molecule has 5 nitrogen and oxygen atoms in total. The highest BCUT2D eigenvalue weighted by molar-refractivity contribution is 7.21. The molecule has 3 aromatic rings. The fourth-order valence-electron chi connectivity index (χ4n) is 2.91. The van der Waals surface area contributed by atoms with Crippen LogP contribution < -0.4 is 0 Å². The van der Waals surface area contributed by atoms with Crippen molar-refractivity contribution in [2.24, 2.45) is 0 Å². The van der Waals surface area contributed by atoms with Gasteiger partial charge < -0.3 is 9.47 Å². The largest absolute Gasteiger partial charge is 0.336 e. The minimum atomic E-state index is 0.0927. The van der Waals surface area contributed by atoms with Crippen LogP contribution in [-0.2, 0) is 0 Å². The molecular weight excluding hydrogens is 328 g/mol. The quantitative estimate of drug-likeness (QED) is 0.730. The maximum atomic E-state index is 12.8. The number of amides is 1. The zero-order valence-electron chi connectivity index (χ0n) is 12.5. The van der Waals surface area contributed by atoms with Crippen LogP contribution in [0.5, 0.6) is 0 Å². The van der Waals surface area contributed by atoms with Crippen LogP contribution in [0.25, 0.3) is 9.88 Å². The minimum Gasteiger partial charge on any atom is -0.336 e. The van der Waals surface area contributed by atoms with Gasteiger partial charge in [-0.05, 0) is 24.3 Å². The molecule has 1 atom stereocenters. The average molecular weight is 344 g/mol. The fourth-order valence-corrected chi connectivity index (χ4v) is 4.60. The highest BCUT2D eigenvalue weighted by atomic mass is 32.1. The van der Waals surface area contributed by atoms with Crippen molar-refractivity contribution in [2.45, 2.75) is 18.9 Å². The van der Waals surface area contributed by atoms with E-state index in [0.29, 0.717) is 6.04 Å². The Kier molecular flexibility index (Phi) is 3.97. The Labute approximate surface area is 142 Å². The van der Waals surface area contributed by atoms with Gasteiger partial charge in [0.05, 0.1) is 23.4 Å². The lowest BCUT2D eigenvalue weighted by atomic mass is 10.1. The van der Waals surface area contributed by atoms with E-state index in [4.69, 9.17) is 0 Å². The molecule has 0 aromatic carbocycles. The second-order valence-corrected chi connectivity index (χ2v) is 7.54. The summed E-state index contributed by atoms with van der Waals surface area (Å²) in [7, 11) is 0. The van der Waals surface area contributed by atoms with Gasteiger partial charge in [0, 0.05) is 25.5 Å². The first-order chi connectivity index (χ1) is 11.3. The van der Waals surface area contributed by atoms with Crippen molar-refractivity contribution in [1.29, 1.82) is 0 Å². The number of nitrogens with zero attached hydrogens (tertiary/aromatic N) is 4. The number of piperidine rings is 1. The normalized spacial score (nSPS) is 18.3. The van der Waals surface area contributed by atoms with Crippen molar-refractivity contribution in [3.63, 3.8) is 0 Å². The molecule has 118 valence electrons. The molecule has 4 rings (SSSR count). The van der Waals surface area contributed by atoms with Gasteiger partial charge in [-0.25, -0.2) is 9.97 Å². The van der Waals surface area contributed by atoms with Gasteiger partial charge in [0.1, 0.15) is 9.88 Å². The summed E-state index contributed by atoms with van der Waals surface area (Å²) < 4.78 is 2.10. The predicted octanol–water partition coefficient (Wildman–Crippen LogP) is 3.55. The average Bonchev–Trinajstić information content (AvgIpc) is 3.36. The van der Waals surface area contributed by atoms with Crippen molar-refractivity contribution in [3.05, 3.63) is 47.3 Å².